The molecular weight excluding hydrogens is 402 g/mol. The van der Waals surface area contributed by atoms with Gasteiger partial charge in [-0.25, -0.2) is 9.69 Å². The highest BCUT2D eigenvalue weighted by Crippen LogP contribution is 2.65. The van der Waals surface area contributed by atoms with Gasteiger partial charge in [0.25, 0.3) is 0 Å². The Morgan fingerprint density at radius 2 is 1.57 bits per heavy atom. The van der Waals surface area contributed by atoms with E-state index in [-0.39, 0.29) is 41.2 Å². The van der Waals surface area contributed by atoms with Gasteiger partial charge in [-0.05, 0) is 66.5 Å². The topological polar surface area (TPSA) is 63.7 Å². The minimum Gasteiger partial charge on any atom is -0.423 e. The van der Waals surface area contributed by atoms with Crippen molar-refractivity contribution in [3.8, 4) is 5.75 Å². The van der Waals surface area contributed by atoms with E-state index in [1.54, 1.807) is 48.5 Å². The lowest BCUT2D eigenvalue weighted by Crippen LogP contribution is -2.40. The van der Waals surface area contributed by atoms with E-state index >= 15 is 0 Å². The molecule has 6 heteroatoms. The molecule has 7 rings (SSSR count). The molecule has 0 N–H and O–H groups in total. The van der Waals surface area contributed by atoms with E-state index in [9.17, 15) is 14.4 Å². The molecule has 0 radical (unpaired) electrons. The van der Waals surface area contributed by atoms with Gasteiger partial charge < -0.3 is 4.74 Å². The molecule has 2 amide bonds. The molecule has 6 atom stereocenters. The van der Waals surface area contributed by atoms with Crippen LogP contribution in [0.3, 0.4) is 0 Å². The van der Waals surface area contributed by atoms with E-state index < -0.39 is 5.97 Å². The summed E-state index contributed by atoms with van der Waals surface area (Å²) < 4.78 is 5.46. The molecule has 5 aliphatic rings. The number of amides is 2. The molecule has 0 aromatic heterocycles. The van der Waals surface area contributed by atoms with Crippen LogP contribution in [0.4, 0.5) is 5.69 Å². The second kappa shape index (κ2) is 6.29. The van der Waals surface area contributed by atoms with Crippen molar-refractivity contribution < 1.29 is 19.1 Å². The first-order valence-electron chi connectivity index (χ1n) is 10.2. The maximum atomic E-state index is 13.2. The molecule has 2 bridgehead atoms. The quantitative estimate of drug-likeness (QED) is 0.325. The third kappa shape index (κ3) is 2.51. The highest BCUT2D eigenvalue weighted by atomic mass is 35.5. The van der Waals surface area contributed by atoms with Gasteiger partial charge in [-0.2, -0.15) is 0 Å². The number of anilines is 1. The van der Waals surface area contributed by atoms with E-state index in [4.69, 9.17) is 16.3 Å². The van der Waals surface area contributed by atoms with Crippen LogP contribution in [0.2, 0.25) is 5.02 Å². The predicted molar refractivity (Wildman–Crippen MR) is 110 cm³/mol. The Kier molecular flexibility index (Phi) is 3.75. The summed E-state index contributed by atoms with van der Waals surface area (Å²) in [6.07, 6.45) is 5.43. The Bertz CT molecular complexity index is 1090. The van der Waals surface area contributed by atoms with Crippen LogP contribution in [-0.4, -0.2) is 17.8 Å². The zero-order valence-electron chi connectivity index (χ0n) is 15.9. The maximum absolute atomic E-state index is 13.2. The highest BCUT2D eigenvalue weighted by molar-refractivity contribution is 6.30. The summed E-state index contributed by atoms with van der Waals surface area (Å²) in [5, 5.41) is 0.530. The van der Waals surface area contributed by atoms with Crippen molar-refractivity contribution in [2.45, 2.75) is 6.42 Å². The van der Waals surface area contributed by atoms with Crippen molar-refractivity contribution in [1.82, 2.24) is 0 Å². The number of nitrogens with zero attached hydrogens (tertiary/aromatic N) is 1. The van der Waals surface area contributed by atoms with Crippen LogP contribution in [0.15, 0.2) is 60.7 Å². The number of ether oxygens (including phenoxy) is 1. The van der Waals surface area contributed by atoms with Crippen LogP contribution in [0, 0.1) is 35.5 Å². The summed E-state index contributed by atoms with van der Waals surface area (Å²) in [4.78, 5) is 40.2. The molecule has 30 heavy (non-hydrogen) atoms. The maximum Gasteiger partial charge on any atom is 0.343 e. The third-order valence-electron chi connectivity index (χ3n) is 7.03. The lowest BCUT2D eigenvalue weighted by molar-refractivity contribution is -0.124. The van der Waals surface area contributed by atoms with E-state index in [0.29, 0.717) is 28.1 Å². The van der Waals surface area contributed by atoms with Gasteiger partial charge in [-0.3, -0.25) is 9.59 Å². The normalized spacial score (nSPS) is 32.8. The van der Waals surface area contributed by atoms with Gasteiger partial charge >= 0.3 is 5.97 Å². The van der Waals surface area contributed by atoms with Crippen LogP contribution in [0.5, 0.6) is 5.75 Å². The van der Waals surface area contributed by atoms with Crippen molar-refractivity contribution in [1.29, 1.82) is 0 Å². The Labute approximate surface area is 178 Å². The van der Waals surface area contributed by atoms with Crippen LogP contribution >= 0.6 is 11.6 Å². The number of rotatable bonds is 3. The van der Waals surface area contributed by atoms with Crippen LogP contribution in [0.25, 0.3) is 0 Å². The largest absolute Gasteiger partial charge is 0.423 e. The molecule has 0 unspecified atom stereocenters. The van der Waals surface area contributed by atoms with Gasteiger partial charge in [0.05, 0.1) is 23.1 Å². The number of carbonyl (C=O) groups excluding carboxylic acids is 3. The molecule has 1 heterocycles. The summed E-state index contributed by atoms with van der Waals surface area (Å²) in [6.45, 7) is 0. The van der Waals surface area contributed by atoms with Gasteiger partial charge in [0.1, 0.15) is 5.75 Å². The van der Waals surface area contributed by atoms with Crippen LogP contribution < -0.4 is 9.64 Å². The number of benzene rings is 2. The van der Waals surface area contributed by atoms with Crippen molar-refractivity contribution in [3.63, 3.8) is 0 Å². The first kappa shape index (κ1) is 17.9. The summed E-state index contributed by atoms with van der Waals surface area (Å²) in [5.74, 6) is 0.467. The van der Waals surface area contributed by atoms with Crippen LogP contribution in [-0.2, 0) is 9.59 Å². The molecule has 2 saturated carbocycles. The molecule has 0 spiro atoms. The third-order valence-corrected chi connectivity index (χ3v) is 7.28. The van der Waals surface area contributed by atoms with Crippen LogP contribution in [0.1, 0.15) is 16.8 Å². The SMILES string of the molecule is O=C(Oc1cccc(N2C(=O)[C@@H]3[C@H]4C=C[C@@H]([C@@H]5C[C@H]45)[C@H]3C2=O)c1)c1ccc(Cl)cc1. The number of esters is 1. The zero-order chi connectivity index (χ0) is 20.6. The monoisotopic (exact) mass is 419 g/mol. The van der Waals surface area contributed by atoms with Gasteiger partial charge in [-0.1, -0.05) is 29.8 Å². The number of hydrogen-bond donors (Lipinski definition) is 0. The lowest BCUT2D eigenvalue weighted by Gasteiger charge is -2.37. The summed E-state index contributed by atoms with van der Waals surface area (Å²) in [6, 6.07) is 13.0. The highest BCUT2D eigenvalue weighted by Gasteiger charge is 2.67. The molecule has 2 aromatic carbocycles. The average molecular weight is 420 g/mol. The van der Waals surface area contributed by atoms with E-state index in [0.717, 1.165) is 6.42 Å². The van der Waals surface area contributed by atoms with Crippen molar-refractivity contribution in [3.05, 3.63) is 71.3 Å². The smallest absolute Gasteiger partial charge is 0.343 e. The second-order valence-electron chi connectivity index (χ2n) is 8.56. The van der Waals surface area contributed by atoms with E-state index in [1.807, 2.05) is 0 Å². The predicted octanol–water partition coefficient (Wildman–Crippen LogP) is 4.12. The summed E-state index contributed by atoms with van der Waals surface area (Å²) in [7, 11) is 0. The molecule has 1 aliphatic heterocycles. The van der Waals surface area contributed by atoms with E-state index in [2.05, 4.69) is 12.2 Å². The first-order chi connectivity index (χ1) is 14.5. The average Bonchev–Trinajstić information content (AvgIpc) is 3.52. The number of allylic oxidation sites excluding steroid dienone is 2. The Morgan fingerprint density at radius 3 is 2.20 bits per heavy atom. The molecule has 4 aliphatic carbocycles. The van der Waals surface area contributed by atoms with Gasteiger partial charge in [0, 0.05) is 11.1 Å². The first-order valence-corrected chi connectivity index (χ1v) is 10.5. The van der Waals surface area contributed by atoms with Crippen molar-refractivity contribution >= 4 is 35.1 Å². The van der Waals surface area contributed by atoms with E-state index in [1.165, 1.54) is 4.90 Å². The Balaban J connectivity index is 1.27. The molecule has 3 fully saturated rings. The van der Waals surface area contributed by atoms with Crippen molar-refractivity contribution in [2.75, 3.05) is 4.90 Å². The number of carbonyl (C=O) groups is 3. The number of hydrogen-bond acceptors (Lipinski definition) is 4. The molecular formula is C24H18ClNO4. The molecule has 150 valence electrons. The van der Waals surface area contributed by atoms with Gasteiger partial charge in [-0.15, -0.1) is 0 Å². The second-order valence-corrected chi connectivity index (χ2v) is 9.00. The van der Waals surface area contributed by atoms with Crippen molar-refractivity contribution in [2.24, 2.45) is 35.5 Å². The standard InChI is InChI=1S/C24H18ClNO4/c25-13-6-4-12(5-7-13)24(29)30-15-3-1-2-14(10-15)26-22(27)20-16-8-9-17(19-11-18(16)19)21(20)23(26)28/h1-10,16-21H,11H2/t16-,17-,18-,19+,20+,21+/m0/s1. The minimum atomic E-state index is -0.529. The summed E-state index contributed by atoms with van der Waals surface area (Å²) in [5.41, 5.74) is 0.819. The lowest BCUT2D eigenvalue weighted by atomic mass is 9.63. The molecule has 5 nitrogen and oxygen atoms in total. The fraction of sp³-hybridized carbons (Fsp3) is 0.292. The minimum absolute atomic E-state index is 0.129. The Hall–Kier alpha value is -2.92. The molecule has 1 saturated heterocycles. The summed E-state index contributed by atoms with van der Waals surface area (Å²) >= 11 is 5.86. The number of imide groups is 1. The Morgan fingerprint density at radius 1 is 0.933 bits per heavy atom. The molecule has 2 aromatic rings. The fourth-order valence-corrected chi connectivity index (χ4v) is 5.78. The fourth-order valence-electron chi connectivity index (χ4n) is 5.65. The van der Waals surface area contributed by atoms with Gasteiger partial charge in [0.15, 0.2) is 0 Å². The zero-order valence-corrected chi connectivity index (χ0v) is 16.7. The van der Waals surface area contributed by atoms with Gasteiger partial charge in [0.2, 0.25) is 11.8 Å². The number of halogens is 1.